The molecule has 0 aliphatic carbocycles. The number of ether oxygens (including phenoxy) is 1. The molecule has 1 spiro atoms. The molecule has 28 heavy (non-hydrogen) atoms. The molecule has 2 aromatic rings. The Kier molecular flexibility index (Phi) is 5.51. The average Bonchev–Trinajstić information content (AvgIpc) is 2.99. The van der Waals surface area contributed by atoms with Crippen molar-refractivity contribution in [2.24, 2.45) is 12.5 Å². The molecule has 5 nitrogen and oxygen atoms in total. The van der Waals surface area contributed by atoms with Gasteiger partial charge in [-0.15, -0.1) is 0 Å². The largest absolute Gasteiger partial charge is 0.379 e. The summed E-state index contributed by atoms with van der Waals surface area (Å²) in [6, 6.07) is 10.2. The molecule has 2 aliphatic heterocycles. The molecule has 0 unspecified atom stereocenters. The number of benzene rings is 1. The first-order valence-corrected chi connectivity index (χ1v) is 10.00. The van der Waals surface area contributed by atoms with Crippen LogP contribution in [0.15, 0.2) is 42.6 Å². The molecule has 0 N–H and O–H groups in total. The Hall–Kier alpha value is -2.18. The summed E-state index contributed by atoms with van der Waals surface area (Å²) in [6.45, 7) is 5.71. The van der Waals surface area contributed by atoms with E-state index < -0.39 is 0 Å². The number of hydrogen-bond acceptors (Lipinski definition) is 3. The van der Waals surface area contributed by atoms with Gasteiger partial charge in [0.25, 0.3) is 5.91 Å². The summed E-state index contributed by atoms with van der Waals surface area (Å²) in [5, 5.41) is 0. The minimum Gasteiger partial charge on any atom is -0.379 e. The summed E-state index contributed by atoms with van der Waals surface area (Å²) in [5.74, 6) is -0.447. The third-order valence-corrected chi connectivity index (χ3v) is 6.14. The van der Waals surface area contributed by atoms with E-state index in [0.29, 0.717) is 18.7 Å². The van der Waals surface area contributed by atoms with Gasteiger partial charge in [0, 0.05) is 62.6 Å². The molecule has 0 bridgehead atoms. The van der Waals surface area contributed by atoms with Crippen LogP contribution in [0.4, 0.5) is 4.39 Å². The van der Waals surface area contributed by atoms with Gasteiger partial charge >= 0.3 is 0 Å². The van der Waals surface area contributed by atoms with E-state index in [1.54, 1.807) is 12.1 Å². The fourth-order valence-electron chi connectivity index (χ4n) is 4.40. The van der Waals surface area contributed by atoms with Crippen molar-refractivity contribution in [1.29, 1.82) is 0 Å². The first-order valence-electron chi connectivity index (χ1n) is 10.00. The maximum Gasteiger partial charge on any atom is 0.253 e. The second kappa shape index (κ2) is 8.05. The normalized spacial score (nSPS) is 20.3. The monoisotopic (exact) mass is 385 g/mol. The first-order chi connectivity index (χ1) is 13.5. The average molecular weight is 385 g/mol. The number of nitrogens with zero attached hydrogens (tertiary/aromatic N) is 3. The molecule has 2 aliphatic rings. The second-order valence-electron chi connectivity index (χ2n) is 8.18. The van der Waals surface area contributed by atoms with Gasteiger partial charge in [-0.3, -0.25) is 9.69 Å². The number of aromatic nitrogens is 1. The van der Waals surface area contributed by atoms with Crippen molar-refractivity contribution >= 4 is 5.91 Å². The molecule has 1 aromatic heterocycles. The van der Waals surface area contributed by atoms with Crippen LogP contribution in [-0.4, -0.2) is 59.7 Å². The Morgan fingerprint density at radius 1 is 1.18 bits per heavy atom. The number of halogens is 1. The number of carbonyl (C=O) groups is 1. The molecule has 150 valence electrons. The van der Waals surface area contributed by atoms with Gasteiger partial charge in [-0.25, -0.2) is 4.39 Å². The lowest BCUT2D eigenvalue weighted by Crippen LogP contribution is -2.48. The van der Waals surface area contributed by atoms with E-state index in [9.17, 15) is 9.18 Å². The van der Waals surface area contributed by atoms with Gasteiger partial charge < -0.3 is 14.2 Å². The molecule has 1 amide bonds. The number of hydrogen-bond donors (Lipinski definition) is 0. The van der Waals surface area contributed by atoms with Crippen LogP contribution >= 0.6 is 0 Å². The highest BCUT2D eigenvalue weighted by atomic mass is 19.1. The topological polar surface area (TPSA) is 37.7 Å². The van der Waals surface area contributed by atoms with Gasteiger partial charge in [0.2, 0.25) is 0 Å². The van der Waals surface area contributed by atoms with Crippen molar-refractivity contribution in [3.05, 3.63) is 59.7 Å². The molecule has 0 atom stereocenters. The Balaban J connectivity index is 1.40. The molecule has 0 radical (unpaired) electrons. The summed E-state index contributed by atoms with van der Waals surface area (Å²) in [4.78, 5) is 17.1. The molecule has 1 aromatic carbocycles. The number of aryl methyl sites for hydroxylation is 1. The lowest BCUT2D eigenvalue weighted by Gasteiger charge is -2.42. The molecular weight excluding hydrogens is 357 g/mol. The van der Waals surface area contributed by atoms with E-state index in [2.05, 4.69) is 34.8 Å². The molecule has 3 heterocycles. The highest BCUT2D eigenvalue weighted by molar-refractivity contribution is 5.94. The second-order valence-corrected chi connectivity index (χ2v) is 8.18. The zero-order valence-corrected chi connectivity index (χ0v) is 16.4. The van der Waals surface area contributed by atoms with E-state index in [4.69, 9.17) is 4.74 Å². The first kappa shape index (κ1) is 19.2. The highest BCUT2D eigenvalue weighted by Crippen LogP contribution is 2.35. The number of amides is 1. The van der Waals surface area contributed by atoms with Gasteiger partial charge in [-0.1, -0.05) is 6.07 Å². The van der Waals surface area contributed by atoms with E-state index in [-0.39, 0.29) is 17.1 Å². The van der Waals surface area contributed by atoms with E-state index in [1.807, 2.05) is 4.90 Å². The van der Waals surface area contributed by atoms with Crippen LogP contribution in [0, 0.1) is 11.2 Å². The van der Waals surface area contributed by atoms with Gasteiger partial charge in [-0.2, -0.15) is 0 Å². The van der Waals surface area contributed by atoms with Gasteiger partial charge in [0.1, 0.15) is 5.82 Å². The molecule has 2 saturated heterocycles. The summed E-state index contributed by atoms with van der Waals surface area (Å²) >= 11 is 0. The maximum absolute atomic E-state index is 13.5. The quantitative estimate of drug-likeness (QED) is 0.815. The van der Waals surface area contributed by atoms with Crippen molar-refractivity contribution in [1.82, 2.24) is 14.4 Å². The van der Waals surface area contributed by atoms with Crippen molar-refractivity contribution in [2.75, 3.05) is 39.4 Å². The van der Waals surface area contributed by atoms with Crippen LogP contribution in [0.5, 0.6) is 0 Å². The Bertz CT molecular complexity index is 827. The zero-order valence-electron chi connectivity index (χ0n) is 16.4. The molecule has 2 fully saturated rings. The smallest absolute Gasteiger partial charge is 0.253 e. The Morgan fingerprint density at radius 3 is 2.71 bits per heavy atom. The zero-order chi connectivity index (χ0) is 19.6. The third-order valence-electron chi connectivity index (χ3n) is 6.14. The predicted octanol–water partition coefficient (Wildman–Crippen LogP) is 2.92. The van der Waals surface area contributed by atoms with Crippen LogP contribution < -0.4 is 0 Å². The van der Waals surface area contributed by atoms with Crippen molar-refractivity contribution in [2.45, 2.75) is 19.4 Å². The van der Waals surface area contributed by atoms with E-state index in [0.717, 1.165) is 45.7 Å². The van der Waals surface area contributed by atoms with Crippen molar-refractivity contribution in [3.63, 3.8) is 0 Å². The Morgan fingerprint density at radius 2 is 2.00 bits per heavy atom. The lowest BCUT2D eigenvalue weighted by atomic mass is 9.78. The highest BCUT2D eigenvalue weighted by Gasteiger charge is 2.39. The van der Waals surface area contributed by atoms with Gasteiger partial charge in [0.15, 0.2) is 0 Å². The standard InChI is InChI=1S/C22H28FN3O2/c1-24-9-3-6-20(24)15-25-12-13-28-17-22(16-25)7-10-26(11-8-22)21(27)18-4-2-5-19(23)14-18/h2-6,9,14H,7-8,10-13,15-17H2,1H3. The van der Waals surface area contributed by atoms with Crippen molar-refractivity contribution in [3.8, 4) is 0 Å². The summed E-state index contributed by atoms with van der Waals surface area (Å²) in [6.07, 6.45) is 3.91. The van der Waals surface area contributed by atoms with Crippen LogP contribution in [0.1, 0.15) is 28.9 Å². The number of carbonyl (C=O) groups excluding carboxylic acids is 1. The number of piperidine rings is 1. The van der Waals surface area contributed by atoms with E-state index in [1.165, 1.54) is 17.8 Å². The number of likely N-dealkylation sites (tertiary alicyclic amines) is 1. The van der Waals surface area contributed by atoms with Gasteiger partial charge in [0.05, 0.1) is 13.2 Å². The Labute approximate surface area is 165 Å². The van der Waals surface area contributed by atoms with E-state index >= 15 is 0 Å². The van der Waals surface area contributed by atoms with Gasteiger partial charge in [-0.05, 0) is 43.2 Å². The molecular formula is C22H28FN3O2. The van der Waals surface area contributed by atoms with Crippen LogP contribution in [0.2, 0.25) is 0 Å². The molecule has 0 saturated carbocycles. The van der Waals surface area contributed by atoms with Crippen molar-refractivity contribution < 1.29 is 13.9 Å². The summed E-state index contributed by atoms with van der Waals surface area (Å²) in [7, 11) is 2.08. The fraction of sp³-hybridized carbons (Fsp3) is 0.500. The minimum atomic E-state index is -0.368. The molecule has 4 rings (SSSR count). The summed E-state index contributed by atoms with van der Waals surface area (Å²) in [5.41, 5.74) is 1.81. The van der Waals surface area contributed by atoms with Crippen LogP contribution in [0.25, 0.3) is 0 Å². The summed E-state index contributed by atoms with van der Waals surface area (Å²) < 4.78 is 21.6. The predicted molar refractivity (Wildman–Crippen MR) is 105 cm³/mol. The van der Waals surface area contributed by atoms with Crippen LogP contribution in [-0.2, 0) is 18.3 Å². The minimum absolute atomic E-state index is 0.0791. The number of rotatable bonds is 3. The lowest BCUT2D eigenvalue weighted by molar-refractivity contribution is 0.0144. The maximum atomic E-state index is 13.5. The van der Waals surface area contributed by atoms with Crippen LogP contribution in [0.3, 0.4) is 0 Å². The molecule has 6 heteroatoms. The SMILES string of the molecule is Cn1cccc1CN1CCOCC2(CCN(C(=O)c3cccc(F)c3)CC2)C1. The fourth-order valence-corrected chi connectivity index (χ4v) is 4.40. The third kappa shape index (κ3) is 4.13.